The summed E-state index contributed by atoms with van der Waals surface area (Å²) in [5.41, 5.74) is 0.847. The fraction of sp³-hybridized carbons (Fsp3) is 0.154. The first-order chi connectivity index (χ1) is 8.65. The summed E-state index contributed by atoms with van der Waals surface area (Å²) in [4.78, 5) is 14.1. The van der Waals surface area contributed by atoms with Crippen molar-refractivity contribution in [3.05, 3.63) is 48.2 Å². The van der Waals surface area contributed by atoms with Gasteiger partial charge in [-0.25, -0.2) is 4.79 Å². The number of anilines is 1. The number of benzene rings is 1. The summed E-state index contributed by atoms with van der Waals surface area (Å²) >= 11 is 0. The maximum Gasteiger partial charge on any atom is 0.326 e. The first-order valence-corrected chi connectivity index (χ1v) is 5.56. The van der Waals surface area contributed by atoms with Crippen LogP contribution < -0.4 is 5.32 Å². The quantitative estimate of drug-likeness (QED) is 0.648. The summed E-state index contributed by atoms with van der Waals surface area (Å²) in [5, 5.41) is 21.2. The van der Waals surface area contributed by atoms with Crippen molar-refractivity contribution in [2.24, 2.45) is 0 Å². The van der Waals surface area contributed by atoms with Gasteiger partial charge >= 0.3 is 5.97 Å². The van der Waals surface area contributed by atoms with Gasteiger partial charge in [0.1, 0.15) is 17.6 Å². The minimum absolute atomic E-state index is 0.169. The molecule has 1 heterocycles. The molecule has 1 aromatic heterocycles. The highest BCUT2D eigenvalue weighted by atomic mass is 16.4. The van der Waals surface area contributed by atoms with Gasteiger partial charge in [0.05, 0.1) is 0 Å². The third-order valence-corrected chi connectivity index (χ3v) is 2.60. The summed E-state index contributed by atoms with van der Waals surface area (Å²) in [7, 11) is 0. The van der Waals surface area contributed by atoms with E-state index in [1.807, 2.05) is 0 Å². The van der Waals surface area contributed by atoms with Gasteiger partial charge in [0.25, 0.3) is 0 Å². The average Bonchev–Trinajstić information content (AvgIpc) is 2.84. The number of hydrogen-bond donors (Lipinski definition) is 4. The molecule has 0 aliphatic heterocycles. The van der Waals surface area contributed by atoms with Gasteiger partial charge < -0.3 is 20.5 Å². The predicted octanol–water partition coefficient (Wildman–Crippen LogP) is 1.83. The van der Waals surface area contributed by atoms with E-state index in [2.05, 4.69) is 10.3 Å². The van der Waals surface area contributed by atoms with Gasteiger partial charge in [-0.15, -0.1) is 0 Å². The number of phenols is 1. The van der Waals surface area contributed by atoms with Crippen molar-refractivity contribution < 1.29 is 15.0 Å². The summed E-state index contributed by atoms with van der Waals surface area (Å²) < 4.78 is 0. The lowest BCUT2D eigenvalue weighted by atomic mass is 10.1. The maximum absolute atomic E-state index is 11.2. The second kappa shape index (κ2) is 5.27. The molecule has 0 radical (unpaired) electrons. The standard InChI is InChI=1S/C13H14N2O3/c16-10-5-3-9(4-6-10)8-11(13(17)18)15-12-2-1-7-14-12/h1-7,11,14-16H,8H2,(H,17,18)/t11-/m0/s1. The van der Waals surface area contributed by atoms with Crippen LogP contribution in [-0.4, -0.2) is 27.2 Å². The van der Waals surface area contributed by atoms with E-state index < -0.39 is 12.0 Å². The van der Waals surface area contributed by atoms with Crippen LogP contribution in [0.25, 0.3) is 0 Å². The van der Waals surface area contributed by atoms with Crippen molar-refractivity contribution in [3.8, 4) is 5.75 Å². The van der Waals surface area contributed by atoms with Crippen LogP contribution in [0.1, 0.15) is 5.56 Å². The van der Waals surface area contributed by atoms with Crippen molar-refractivity contribution in [3.63, 3.8) is 0 Å². The predicted molar refractivity (Wildman–Crippen MR) is 67.7 cm³/mol. The Morgan fingerprint density at radius 2 is 2.00 bits per heavy atom. The molecule has 0 saturated carbocycles. The molecule has 0 unspecified atom stereocenters. The van der Waals surface area contributed by atoms with Gasteiger partial charge in [-0.05, 0) is 29.8 Å². The highest BCUT2D eigenvalue weighted by Gasteiger charge is 2.17. The van der Waals surface area contributed by atoms with E-state index in [1.54, 1.807) is 42.6 Å². The smallest absolute Gasteiger partial charge is 0.326 e. The Morgan fingerprint density at radius 1 is 1.28 bits per heavy atom. The number of rotatable bonds is 5. The fourth-order valence-corrected chi connectivity index (χ4v) is 1.68. The SMILES string of the molecule is O=C(O)[C@H](Cc1ccc(O)cc1)Nc1ccc[nH]1. The van der Waals surface area contributed by atoms with Crippen LogP contribution in [0.3, 0.4) is 0 Å². The van der Waals surface area contributed by atoms with E-state index in [0.717, 1.165) is 5.56 Å². The van der Waals surface area contributed by atoms with Crippen LogP contribution >= 0.6 is 0 Å². The molecule has 0 amide bonds. The minimum Gasteiger partial charge on any atom is -0.508 e. The minimum atomic E-state index is -0.919. The van der Waals surface area contributed by atoms with Gasteiger partial charge in [-0.2, -0.15) is 0 Å². The van der Waals surface area contributed by atoms with E-state index in [4.69, 9.17) is 5.11 Å². The zero-order chi connectivity index (χ0) is 13.0. The lowest BCUT2D eigenvalue weighted by Crippen LogP contribution is -2.31. The van der Waals surface area contributed by atoms with E-state index in [9.17, 15) is 9.90 Å². The number of aromatic amines is 1. The Balaban J connectivity index is 2.06. The fourth-order valence-electron chi connectivity index (χ4n) is 1.68. The van der Waals surface area contributed by atoms with Crippen LogP contribution in [-0.2, 0) is 11.2 Å². The van der Waals surface area contributed by atoms with E-state index in [1.165, 1.54) is 0 Å². The number of H-pyrrole nitrogens is 1. The van der Waals surface area contributed by atoms with Crippen molar-refractivity contribution in [2.45, 2.75) is 12.5 Å². The van der Waals surface area contributed by atoms with Gasteiger partial charge in [-0.1, -0.05) is 12.1 Å². The van der Waals surface area contributed by atoms with Gasteiger partial charge in [0, 0.05) is 12.6 Å². The van der Waals surface area contributed by atoms with Gasteiger partial charge in [0.2, 0.25) is 0 Å². The Hall–Kier alpha value is -2.43. The zero-order valence-corrected chi connectivity index (χ0v) is 9.63. The summed E-state index contributed by atoms with van der Waals surface area (Å²) in [6.45, 7) is 0. The first-order valence-electron chi connectivity index (χ1n) is 5.56. The molecule has 0 saturated heterocycles. The number of aromatic hydroxyl groups is 1. The van der Waals surface area contributed by atoms with Crippen LogP contribution in [0.5, 0.6) is 5.75 Å². The molecule has 0 fully saturated rings. The highest BCUT2D eigenvalue weighted by Crippen LogP contribution is 2.13. The molecule has 0 spiro atoms. The molecule has 4 N–H and O–H groups in total. The molecule has 2 aromatic rings. The molecule has 1 aromatic carbocycles. The van der Waals surface area contributed by atoms with Gasteiger partial charge in [-0.3, -0.25) is 0 Å². The van der Waals surface area contributed by atoms with Crippen molar-refractivity contribution in [1.82, 2.24) is 4.98 Å². The molecular formula is C13H14N2O3. The summed E-state index contributed by atoms with van der Waals surface area (Å²) in [6.07, 6.45) is 2.07. The number of hydrogen-bond acceptors (Lipinski definition) is 3. The number of carboxylic acids is 1. The number of aromatic nitrogens is 1. The van der Waals surface area contributed by atoms with E-state index in [-0.39, 0.29) is 5.75 Å². The Labute approximate surface area is 104 Å². The molecule has 0 aliphatic carbocycles. The van der Waals surface area contributed by atoms with Crippen molar-refractivity contribution >= 4 is 11.8 Å². The van der Waals surface area contributed by atoms with Crippen LogP contribution in [0.4, 0.5) is 5.82 Å². The zero-order valence-electron chi connectivity index (χ0n) is 9.63. The lowest BCUT2D eigenvalue weighted by Gasteiger charge is -2.14. The highest BCUT2D eigenvalue weighted by molar-refractivity contribution is 5.77. The summed E-state index contributed by atoms with van der Waals surface area (Å²) in [6, 6.07) is 9.36. The second-order valence-corrected chi connectivity index (χ2v) is 3.99. The Bertz CT molecular complexity index is 506. The van der Waals surface area contributed by atoms with Crippen LogP contribution in [0.2, 0.25) is 0 Å². The van der Waals surface area contributed by atoms with Gasteiger partial charge in [0.15, 0.2) is 0 Å². The van der Waals surface area contributed by atoms with Crippen LogP contribution in [0.15, 0.2) is 42.6 Å². The monoisotopic (exact) mass is 246 g/mol. The summed E-state index contributed by atoms with van der Waals surface area (Å²) in [5.74, 6) is -0.0817. The molecular weight excluding hydrogens is 232 g/mol. The number of aliphatic carboxylic acids is 1. The van der Waals surface area contributed by atoms with E-state index in [0.29, 0.717) is 12.2 Å². The second-order valence-electron chi connectivity index (χ2n) is 3.99. The topological polar surface area (TPSA) is 85.3 Å². The first kappa shape index (κ1) is 12.0. The van der Waals surface area contributed by atoms with Crippen molar-refractivity contribution in [1.29, 1.82) is 0 Å². The molecule has 1 atom stereocenters. The number of carbonyl (C=O) groups is 1. The number of phenolic OH excluding ortho intramolecular Hbond substituents is 1. The third kappa shape index (κ3) is 3.04. The Kier molecular flexibility index (Phi) is 3.52. The van der Waals surface area contributed by atoms with Crippen molar-refractivity contribution in [2.75, 3.05) is 5.32 Å². The third-order valence-electron chi connectivity index (χ3n) is 2.60. The molecule has 0 aliphatic rings. The largest absolute Gasteiger partial charge is 0.508 e. The number of carboxylic acid groups (broad SMARTS) is 1. The Morgan fingerprint density at radius 3 is 2.56 bits per heavy atom. The average molecular weight is 246 g/mol. The molecule has 94 valence electrons. The lowest BCUT2D eigenvalue weighted by molar-refractivity contribution is -0.137. The molecule has 5 nitrogen and oxygen atoms in total. The maximum atomic E-state index is 11.2. The van der Waals surface area contributed by atoms with Crippen LogP contribution in [0, 0.1) is 0 Å². The molecule has 5 heteroatoms. The molecule has 2 rings (SSSR count). The number of nitrogens with one attached hydrogen (secondary N) is 2. The normalized spacial score (nSPS) is 12.0. The van der Waals surface area contributed by atoms with E-state index >= 15 is 0 Å². The molecule has 0 bridgehead atoms. The molecule has 18 heavy (non-hydrogen) atoms.